The highest BCUT2D eigenvalue weighted by molar-refractivity contribution is 5.94. The van der Waals surface area contributed by atoms with Crippen LogP contribution in [0.25, 0.3) is 0 Å². The summed E-state index contributed by atoms with van der Waals surface area (Å²) in [5, 5.41) is 16.2. The number of nitrogens with one attached hydrogen (secondary N) is 2. The molecular weight excluding hydrogens is 334 g/mol. The molecule has 0 atom stereocenters. The number of phenolic OH excluding ortho intramolecular Hbond substituents is 1. The number of aromatic hydroxyl groups is 1. The van der Waals surface area contributed by atoms with Gasteiger partial charge in [0.2, 0.25) is 5.91 Å². The predicted molar refractivity (Wildman–Crippen MR) is 98.4 cm³/mol. The lowest BCUT2D eigenvalue weighted by atomic mass is 10.2. The first-order chi connectivity index (χ1) is 12.6. The smallest absolute Gasteiger partial charge is 0.251 e. The third kappa shape index (κ3) is 5.94. The van der Waals surface area contributed by atoms with Crippen LogP contribution in [0.5, 0.6) is 11.5 Å². The summed E-state index contributed by atoms with van der Waals surface area (Å²) in [7, 11) is 0. The van der Waals surface area contributed by atoms with Crippen molar-refractivity contribution in [3.63, 3.8) is 0 Å². The summed E-state index contributed by atoms with van der Waals surface area (Å²) in [6, 6.07) is 13.5. The average Bonchev–Trinajstić information content (AvgIpc) is 2.65. The lowest BCUT2D eigenvalue weighted by molar-refractivity contribution is -0.120. The normalized spacial score (nSPS) is 10.5. The van der Waals surface area contributed by atoms with E-state index in [0.717, 1.165) is 0 Å². The molecule has 0 aliphatic heterocycles. The van der Waals surface area contributed by atoms with Crippen molar-refractivity contribution in [2.75, 3.05) is 13.2 Å². The highest BCUT2D eigenvalue weighted by Crippen LogP contribution is 2.26. The fraction of sp³-hybridized carbons (Fsp3) is 0.211. The summed E-state index contributed by atoms with van der Waals surface area (Å²) in [5.74, 6) is -0.151. The van der Waals surface area contributed by atoms with E-state index in [-0.39, 0.29) is 30.5 Å². The molecule has 0 aliphatic carbocycles. The number of amides is 2. The Kier molecular flexibility index (Phi) is 7.17. The fourth-order valence-corrected chi connectivity index (χ4v) is 2.10. The summed E-state index contributed by atoms with van der Waals surface area (Å²) in [6.07, 6.45) is 1.55. The molecule has 0 saturated heterocycles. The Morgan fingerprint density at radius 2 is 1.96 bits per heavy atom. The molecule has 0 spiro atoms. The Balaban J connectivity index is 1.75. The SMILES string of the molecule is CCOc1cc(/C=N/NC(=O)CCNC(=O)c2ccccc2)ccc1O. The number of phenols is 1. The number of benzene rings is 2. The Bertz CT molecular complexity index is 776. The summed E-state index contributed by atoms with van der Waals surface area (Å²) in [6.45, 7) is 2.46. The molecule has 2 rings (SSSR count). The van der Waals surface area contributed by atoms with Crippen molar-refractivity contribution >= 4 is 18.0 Å². The molecule has 0 saturated carbocycles. The van der Waals surface area contributed by atoms with Gasteiger partial charge in [0.05, 0.1) is 12.8 Å². The lowest BCUT2D eigenvalue weighted by Crippen LogP contribution is -2.28. The third-order valence-electron chi connectivity index (χ3n) is 3.36. The molecule has 2 amide bonds. The number of carbonyl (C=O) groups is 2. The summed E-state index contributed by atoms with van der Waals surface area (Å²) < 4.78 is 5.28. The number of hydrogen-bond acceptors (Lipinski definition) is 5. The van der Waals surface area contributed by atoms with E-state index in [0.29, 0.717) is 23.5 Å². The van der Waals surface area contributed by atoms with Gasteiger partial charge in [-0.3, -0.25) is 9.59 Å². The second kappa shape index (κ2) is 9.83. The van der Waals surface area contributed by atoms with Gasteiger partial charge in [-0.2, -0.15) is 5.10 Å². The number of rotatable bonds is 8. The molecule has 0 aliphatic rings. The van der Waals surface area contributed by atoms with E-state index >= 15 is 0 Å². The summed E-state index contributed by atoms with van der Waals surface area (Å²) in [5.41, 5.74) is 3.60. The van der Waals surface area contributed by atoms with Gasteiger partial charge in [0.25, 0.3) is 5.91 Å². The quantitative estimate of drug-likeness (QED) is 0.498. The van der Waals surface area contributed by atoms with Crippen LogP contribution in [0, 0.1) is 0 Å². The minimum absolute atomic E-state index is 0.0437. The molecule has 0 bridgehead atoms. The summed E-state index contributed by atoms with van der Waals surface area (Å²) >= 11 is 0. The molecule has 7 nitrogen and oxygen atoms in total. The van der Waals surface area contributed by atoms with Gasteiger partial charge in [-0.1, -0.05) is 18.2 Å². The minimum atomic E-state index is -0.321. The van der Waals surface area contributed by atoms with Crippen LogP contribution in [-0.4, -0.2) is 36.3 Å². The van der Waals surface area contributed by atoms with Crippen molar-refractivity contribution < 1.29 is 19.4 Å². The number of carbonyl (C=O) groups excluding carboxylic acids is 2. The molecule has 2 aromatic rings. The Morgan fingerprint density at radius 1 is 1.19 bits per heavy atom. The molecule has 0 radical (unpaired) electrons. The number of hydrogen-bond donors (Lipinski definition) is 3. The first kappa shape index (κ1) is 19.0. The van der Waals surface area contributed by atoms with Crippen molar-refractivity contribution in [1.82, 2.24) is 10.7 Å². The first-order valence-electron chi connectivity index (χ1n) is 8.21. The first-order valence-corrected chi connectivity index (χ1v) is 8.21. The molecule has 136 valence electrons. The largest absolute Gasteiger partial charge is 0.504 e. The molecule has 7 heteroatoms. The van der Waals surface area contributed by atoms with Crippen molar-refractivity contribution in [3.05, 3.63) is 59.7 Å². The fourth-order valence-electron chi connectivity index (χ4n) is 2.10. The average molecular weight is 355 g/mol. The van der Waals surface area contributed by atoms with E-state index < -0.39 is 0 Å². The zero-order chi connectivity index (χ0) is 18.8. The topological polar surface area (TPSA) is 100 Å². The van der Waals surface area contributed by atoms with E-state index in [9.17, 15) is 14.7 Å². The van der Waals surface area contributed by atoms with Crippen LogP contribution in [-0.2, 0) is 4.79 Å². The predicted octanol–water partition coefficient (Wildman–Crippen LogP) is 2.06. The van der Waals surface area contributed by atoms with Gasteiger partial charge in [-0.15, -0.1) is 0 Å². The van der Waals surface area contributed by atoms with E-state index in [2.05, 4.69) is 15.8 Å². The highest BCUT2D eigenvalue weighted by atomic mass is 16.5. The zero-order valence-corrected chi connectivity index (χ0v) is 14.4. The lowest BCUT2D eigenvalue weighted by Gasteiger charge is -2.06. The maximum Gasteiger partial charge on any atom is 0.251 e. The zero-order valence-electron chi connectivity index (χ0n) is 14.4. The molecule has 3 N–H and O–H groups in total. The van der Waals surface area contributed by atoms with Crippen LogP contribution >= 0.6 is 0 Å². The summed E-state index contributed by atoms with van der Waals surface area (Å²) in [4.78, 5) is 23.6. The molecule has 0 fully saturated rings. The van der Waals surface area contributed by atoms with Gasteiger partial charge in [0.15, 0.2) is 11.5 Å². The van der Waals surface area contributed by atoms with Crippen molar-refractivity contribution in [3.8, 4) is 11.5 Å². The Morgan fingerprint density at radius 3 is 2.69 bits per heavy atom. The maximum atomic E-state index is 11.8. The van der Waals surface area contributed by atoms with E-state index in [1.807, 2.05) is 13.0 Å². The molecule has 0 aromatic heterocycles. The van der Waals surface area contributed by atoms with Gasteiger partial charge in [0, 0.05) is 18.5 Å². The van der Waals surface area contributed by atoms with E-state index in [4.69, 9.17) is 4.74 Å². The van der Waals surface area contributed by atoms with Gasteiger partial charge in [0.1, 0.15) is 0 Å². The van der Waals surface area contributed by atoms with Gasteiger partial charge in [-0.25, -0.2) is 5.43 Å². The number of ether oxygens (including phenoxy) is 1. The van der Waals surface area contributed by atoms with Crippen LogP contribution in [0.2, 0.25) is 0 Å². The molecule has 0 heterocycles. The van der Waals surface area contributed by atoms with Crippen LogP contribution in [0.3, 0.4) is 0 Å². The van der Waals surface area contributed by atoms with Crippen molar-refractivity contribution in [1.29, 1.82) is 0 Å². The second-order valence-corrected chi connectivity index (χ2v) is 5.33. The Hall–Kier alpha value is -3.35. The van der Waals surface area contributed by atoms with Crippen LogP contribution in [0.15, 0.2) is 53.6 Å². The standard InChI is InChI=1S/C19H21N3O4/c1-2-26-17-12-14(8-9-16(17)23)13-21-22-18(24)10-11-20-19(25)15-6-4-3-5-7-15/h3-9,12-13,23H,2,10-11H2,1H3,(H,20,25)(H,22,24)/b21-13+. The number of nitrogens with zero attached hydrogens (tertiary/aromatic N) is 1. The van der Waals surface area contributed by atoms with Crippen LogP contribution < -0.4 is 15.5 Å². The minimum Gasteiger partial charge on any atom is -0.504 e. The molecule has 26 heavy (non-hydrogen) atoms. The third-order valence-corrected chi connectivity index (χ3v) is 3.36. The van der Waals surface area contributed by atoms with Crippen LogP contribution in [0.1, 0.15) is 29.3 Å². The van der Waals surface area contributed by atoms with Gasteiger partial charge in [-0.05, 0) is 42.8 Å². The Labute approximate surface area is 151 Å². The number of hydrazone groups is 1. The van der Waals surface area contributed by atoms with Crippen molar-refractivity contribution in [2.45, 2.75) is 13.3 Å². The highest BCUT2D eigenvalue weighted by Gasteiger charge is 2.06. The molecular formula is C19H21N3O4. The van der Waals surface area contributed by atoms with Gasteiger partial charge < -0.3 is 15.2 Å². The van der Waals surface area contributed by atoms with E-state index in [1.54, 1.807) is 36.4 Å². The molecule has 2 aromatic carbocycles. The van der Waals surface area contributed by atoms with Crippen molar-refractivity contribution in [2.24, 2.45) is 5.10 Å². The van der Waals surface area contributed by atoms with E-state index in [1.165, 1.54) is 12.3 Å². The monoisotopic (exact) mass is 355 g/mol. The van der Waals surface area contributed by atoms with Crippen LogP contribution in [0.4, 0.5) is 0 Å². The second-order valence-electron chi connectivity index (χ2n) is 5.33. The van der Waals surface area contributed by atoms with Gasteiger partial charge >= 0.3 is 0 Å². The molecule has 0 unspecified atom stereocenters. The maximum absolute atomic E-state index is 11.8.